The molecule has 0 radical (unpaired) electrons. The van der Waals surface area contributed by atoms with Crippen LogP contribution in [0.15, 0.2) is 22.8 Å². The molecular weight excluding hydrogens is 224 g/mol. The highest BCUT2D eigenvalue weighted by Crippen LogP contribution is 2.34. The van der Waals surface area contributed by atoms with Crippen molar-refractivity contribution < 1.29 is 9.15 Å². The van der Waals surface area contributed by atoms with Gasteiger partial charge in [0, 0.05) is 12.5 Å². The third-order valence-electron chi connectivity index (χ3n) is 3.21. The van der Waals surface area contributed by atoms with Crippen LogP contribution in [-0.4, -0.2) is 17.9 Å². The standard InChI is InChI=1S/C11H14N2O2S/c16-11-12-9(8-4-2-5-14-8)7-3-1-6-15-10(7)13-11/h2,4-5,7,9-10H,1,3,6H2,(H2,12,13,16)/t7-,9+,10-/m0/s1. The molecule has 2 fully saturated rings. The molecule has 3 atom stereocenters. The van der Waals surface area contributed by atoms with Gasteiger partial charge in [-0.2, -0.15) is 0 Å². The number of fused-ring (bicyclic) bond motifs is 1. The molecule has 1 aromatic rings. The van der Waals surface area contributed by atoms with Crippen LogP contribution >= 0.6 is 12.2 Å². The van der Waals surface area contributed by atoms with Gasteiger partial charge in [0.25, 0.3) is 0 Å². The number of ether oxygens (including phenoxy) is 1. The van der Waals surface area contributed by atoms with Gasteiger partial charge in [0.2, 0.25) is 0 Å². The normalized spacial score (nSPS) is 33.8. The van der Waals surface area contributed by atoms with E-state index in [-0.39, 0.29) is 12.3 Å². The van der Waals surface area contributed by atoms with Crippen molar-refractivity contribution in [3.05, 3.63) is 24.2 Å². The predicted molar refractivity (Wildman–Crippen MR) is 62.8 cm³/mol. The third kappa shape index (κ3) is 1.70. The van der Waals surface area contributed by atoms with Crippen LogP contribution in [0.4, 0.5) is 0 Å². The molecule has 0 aromatic carbocycles. The molecular formula is C11H14N2O2S. The summed E-state index contributed by atoms with van der Waals surface area (Å²) in [5, 5.41) is 7.07. The second-order valence-electron chi connectivity index (χ2n) is 4.21. The van der Waals surface area contributed by atoms with Crippen molar-refractivity contribution in [2.75, 3.05) is 6.61 Å². The molecule has 2 N–H and O–H groups in total. The summed E-state index contributed by atoms with van der Waals surface area (Å²) in [6, 6.07) is 4.02. The van der Waals surface area contributed by atoms with Crippen LogP contribution in [0.1, 0.15) is 24.6 Å². The van der Waals surface area contributed by atoms with Gasteiger partial charge < -0.3 is 19.8 Å². The lowest BCUT2D eigenvalue weighted by atomic mass is 9.88. The average Bonchev–Trinajstić information content (AvgIpc) is 2.81. The van der Waals surface area contributed by atoms with E-state index in [1.807, 2.05) is 12.1 Å². The van der Waals surface area contributed by atoms with E-state index in [2.05, 4.69) is 10.6 Å². The van der Waals surface area contributed by atoms with Crippen molar-refractivity contribution in [3.63, 3.8) is 0 Å². The molecule has 2 aliphatic rings. The van der Waals surface area contributed by atoms with E-state index in [0.717, 1.165) is 25.2 Å². The van der Waals surface area contributed by atoms with Crippen molar-refractivity contribution in [1.29, 1.82) is 0 Å². The minimum atomic E-state index is 0.0256. The topological polar surface area (TPSA) is 46.4 Å². The molecule has 2 saturated heterocycles. The van der Waals surface area contributed by atoms with E-state index >= 15 is 0 Å². The zero-order valence-electron chi connectivity index (χ0n) is 8.81. The summed E-state index contributed by atoms with van der Waals surface area (Å²) in [5.74, 6) is 1.32. The molecule has 16 heavy (non-hydrogen) atoms. The highest BCUT2D eigenvalue weighted by Gasteiger charge is 2.39. The number of hydrogen-bond acceptors (Lipinski definition) is 3. The second kappa shape index (κ2) is 4.07. The van der Waals surface area contributed by atoms with Crippen molar-refractivity contribution in [2.24, 2.45) is 5.92 Å². The molecule has 5 heteroatoms. The van der Waals surface area contributed by atoms with E-state index in [4.69, 9.17) is 21.4 Å². The van der Waals surface area contributed by atoms with Crippen molar-refractivity contribution >= 4 is 17.3 Å². The Kier molecular flexibility index (Phi) is 2.57. The maximum Gasteiger partial charge on any atom is 0.168 e. The third-order valence-corrected chi connectivity index (χ3v) is 3.44. The summed E-state index contributed by atoms with van der Waals surface area (Å²) in [6.07, 6.45) is 3.94. The Labute approximate surface area is 99.3 Å². The van der Waals surface area contributed by atoms with E-state index in [1.54, 1.807) is 6.26 Å². The summed E-state index contributed by atoms with van der Waals surface area (Å²) in [6.45, 7) is 0.807. The van der Waals surface area contributed by atoms with E-state index in [1.165, 1.54) is 0 Å². The Morgan fingerprint density at radius 3 is 3.12 bits per heavy atom. The fraction of sp³-hybridized carbons (Fsp3) is 0.545. The molecule has 0 amide bonds. The van der Waals surface area contributed by atoms with Gasteiger partial charge in [-0.25, -0.2) is 0 Å². The Morgan fingerprint density at radius 1 is 1.38 bits per heavy atom. The maximum absolute atomic E-state index is 5.70. The molecule has 2 aliphatic heterocycles. The van der Waals surface area contributed by atoms with E-state index in [9.17, 15) is 0 Å². The summed E-state index contributed by atoms with van der Waals surface area (Å²) < 4.78 is 11.2. The first-order valence-corrected chi connectivity index (χ1v) is 5.97. The summed E-state index contributed by atoms with van der Waals surface area (Å²) >= 11 is 5.18. The zero-order valence-corrected chi connectivity index (χ0v) is 9.63. The Hall–Kier alpha value is -1.07. The monoisotopic (exact) mass is 238 g/mol. The lowest BCUT2D eigenvalue weighted by molar-refractivity contribution is -0.0560. The average molecular weight is 238 g/mol. The predicted octanol–water partition coefficient (Wildman–Crippen LogP) is 1.55. The minimum Gasteiger partial charge on any atom is -0.467 e. The van der Waals surface area contributed by atoms with Crippen LogP contribution in [-0.2, 0) is 4.74 Å². The number of hydrogen-bond donors (Lipinski definition) is 2. The minimum absolute atomic E-state index is 0.0256. The van der Waals surface area contributed by atoms with Gasteiger partial charge in [-0.15, -0.1) is 0 Å². The molecule has 1 aromatic heterocycles. The van der Waals surface area contributed by atoms with Crippen molar-refractivity contribution in [3.8, 4) is 0 Å². The SMILES string of the molecule is S=C1N[C@H]2OCCC[C@H]2[C@H](c2ccco2)N1. The van der Waals surface area contributed by atoms with Gasteiger partial charge in [0.1, 0.15) is 12.0 Å². The lowest BCUT2D eigenvalue weighted by Gasteiger charge is -2.42. The highest BCUT2D eigenvalue weighted by molar-refractivity contribution is 7.80. The van der Waals surface area contributed by atoms with Crippen LogP contribution < -0.4 is 10.6 Å². The Morgan fingerprint density at radius 2 is 2.31 bits per heavy atom. The van der Waals surface area contributed by atoms with E-state index < -0.39 is 0 Å². The quantitative estimate of drug-likeness (QED) is 0.727. The zero-order chi connectivity index (χ0) is 11.0. The van der Waals surface area contributed by atoms with Crippen molar-refractivity contribution in [2.45, 2.75) is 25.1 Å². The fourth-order valence-corrected chi connectivity index (χ4v) is 2.71. The van der Waals surface area contributed by atoms with Crippen molar-refractivity contribution in [1.82, 2.24) is 10.6 Å². The molecule has 3 rings (SSSR count). The van der Waals surface area contributed by atoms with Gasteiger partial charge >= 0.3 is 0 Å². The summed E-state index contributed by atoms with van der Waals surface area (Å²) in [4.78, 5) is 0. The highest BCUT2D eigenvalue weighted by atomic mass is 32.1. The second-order valence-corrected chi connectivity index (χ2v) is 4.62. The van der Waals surface area contributed by atoms with Crippen LogP contribution in [0.25, 0.3) is 0 Å². The number of nitrogens with one attached hydrogen (secondary N) is 2. The van der Waals surface area contributed by atoms with Gasteiger partial charge in [-0.1, -0.05) is 0 Å². The Bertz CT molecular complexity index is 379. The van der Waals surface area contributed by atoms with Gasteiger partial charge in [-0.05, 0) is 37.2 Å². The maximum atomic E-state index is 5.70. The summed E-state index contributed by atoms with van der Waals surface area (Å²) in [5.41, 5.74) is 0. The first kappa shape index (κ1) is 10.1. The molecule has 4 nitrogen and oxygen atoms in total. The van der Waals surface area contributed by atoms with E-state index in [0.29, 0.717) is 11.0 Å². The number of thiocarbonyl (C=S) groups is 1. The van der Waals surface area contributed by atoms with Crippen LogP contribution in [0.5, 0.6) is 0 Å². The van der Waals surface area contributed by atoms with Gasteiger partial charge in [0.05, 0.1) is 12.3 Å². The molecule has 0 aliphatic carbocycles. The van der Waals surface area contributed by atoms with Gasteiger partial charge in [0.15, 0.2) is 5.11 Å². The molecule has 0 bridgehead atoms. The fourth-order valence-electron chi connectivity index (χ4n) is 2.46. The summed E-state index contributed by atoms with van der Waals surface area (Å²) in [7, 11) is 0. The van der Waals surface area contributed by atoms with Crippen LogP contribution in [0, 0.1) is 5.92 Å². The van der Waals surface area contributed by atoms with Crippen LogP contribution in [0.3, 0.4) is 0 Å². The van der Waals surface area contributed by atoms with Gasteiger partial charge in [-0.3, -0.25) is 0 Å². The molecule has 3 heterocycles. The Balaban J connectivity index is 1.87. The molecule has 86 valence electrons. The smallest absolute Gasteiger partial charge is 0.168 e. The first-order valence-electron chi connectivity index (χ1n) is 5.56. The first-order chi connectivity index (χ1) is 7.84. The number of rotatable bonds is 1. The largest absolute Gasteiger partial charge is 0.467 e. The lowest BCUT2D eigenvalue weighted by Crippen LogP contribution is -2.58. The molecule has 0 spiro atoms. The van der Waals surface area contributed by atoms with Crippen LogP contribution in [0.2, 0.25) is 0 Å². The molecule has 0 unspecified atom stereocenters. The number of furan rings is 1. The molecule has 0 saturated carbocycles.